The van der Waals surface area contributed by atoms with Gasteiger partial charge in [-0.05, 0) is 67.4 Å². The van der Waals surface area contributed by atoms with E-state index < -0.39 is 0 Å². The first kappa shape index (κ1) is 21.4. The lowest BCUT2D eigenvalue weighted by Gasteiger charge is -2.31. The molecule has 4 rings (SSSR count). The zero-order valence-corrected chi connectivity index (χ0v) is 18.5. The van der Waals surface area contributed by atoms with Crippen molar-refractivity contribution in [1.29, 1.82) is 0 Å². The molecule has 1 fully saturated rings. The van der Waals surface area contributed by atoms with Crippen LogP contribution < -0.4 is 15.0 Å². The molecule has 0 radical (unpaired) electrons. The van der Waals surface area contributed by atoms with E-state index in [1.165, 1.54) is 0 Å². The Bertz CT molecular complexity index is 1050. The number of piperidine rings is 1. The molecular weight excluding hydrogens is 435 g/mol. The van der Waals surface area contributed by atoms with Gasteiger partial charge in [0.05, 0.1) is 23.5 Å². The van der Waals surface area contributed by atoms with Gasteiger partial charge in [-0.15, -0.1) is 10.2 Å². The maximum atomic E-state index is 12.6. The van der Waals surface area contributed by atoms with E-state index in [0.717, 1.165) is 48.8 Å². The van der Waals surface area contributed by atoms with E-state index >= 15 is 0 Å². The third kappa shape index (κ3) is 5.09. The topological polar surface area (TPSA) is 67.3 Å². The molecule has 31 heavy (non-hydrogen) atoms. The molecule has 1 amide bonds. The van der Waals surface area contributed by atoms with E-state index in [1.54, 1.807) is 25.3 Å². The third-order valence-corrected chi connectivity index (χ3v) is 5.96. The molecule has 1 N–H and O–H groups in total. The number of halogens is 2. The summed E-state index contributed by atoms with van der Waals surface area (Å²) in [4.78, 5) is 14.8. The summed E-state index contributed by atoms with van der Waals surface area (Å²) >= 11 is 12.1. The molecule has 0 atom stereocenters. The fraction of sp³-hybridized carbons (Fsp3) is 0.261. The number of carbonyl (C=O) groups excluding carboxylic acids is 1. The Morgan fingerprint density at radius 1 is 1.03 bits per heavy atom. The second-order valence-corrected chi connectivity index (χ2v) is 8.22. The van der Waals surface area contributed by atoms with Crippen molar-refractivity contribution in [2.75, 3.05) is 30.4 Å². The number of methoxy groups -OCH3 is 1. The second-order valence-electron chi connectivity index (χ2n) is 7.38. The molecule has 0 bridgehead atoms. The predicted octanol–water partition coefficient (Wildman–Crippen LogP) is 5.31. The van der Waals surface area contributed by atoms with Crippen LogP contribution in [0.15, 0.2) is 54.6 Å². The summed E-state index contributed by atoms with van der Waals surface area (Å²) in [5.41, 5.74) is 2.37. The summed E-state index contributed by atoms with van der Waals surface area (Å²) in [5, 5.41) is 12.6. The number of benzene rings is 2. The predicted molar refractivity (Wildman–Crippen MR) is 124 cm³/mol. The van der Waals surface area contributed by atoms with Crippen molar-refractivity contribution in [3.05, 3.63) is 64.6 Å². The smallest absolute Gasteiger partial charge is 0.227 e. The van der Waals surface area contributed by atoms with Crippen molar-refractivity contribution in [2.45, 2.75) is 12.8 Å². The van der Waals surface area contributed by atoms with E-state index in [4.69, 9.17) is 27.9 Å². The van der Waals surface area contributed by atoms with E-state index in [-0.39, 0.29) is 11.8 Å². The van der Waals surface area contributed by atoms with Crippen LogP contribution in [-0.2, 0) is 4.79 Å². The van der Waals surface area contributed by atoms with E-state index in [1.807, 2.05) is 36.4 Å². The van der Waals surface area contributed by atoms with Crippen LogP contribution in [0.1, 0.15) is 12.8 Å². The van der Waals surface area contributed by atoms with Crippen LogP contribution in [0.3, 0.4) is 0 Å². The molecule has 1 aromatic heterocycles. The summed E-state index contributed by atoms with van der Waals surface area (Å²) in [6.45, 7) is 1.48. The zero-order valence-electron chi connectivity index (χ0n) is 17.0. The number of hydrogen-bond donors (Lipinski definition) is 1. The van der Waals surface area contributed by atoms with Crippen LogP contribution in [0.25, 0.3) is 11.3 Å². The highest BCUT2D eigenvalue weighted by atomic mass is 35.5. The molecule has 0 saturated carbocycles. The van der Waals surface area contributed by atoms with Crippen LogP contribution in [0.4, 0.5) is 11.5 Å². The minimum Gasteiger partial charge on any atom is -0.497 e. The van der Waals surface area contributed by atoms with Gasteiger partial charge < -0.3 is 15.0 Å². The minimum atomic E-state index is -0.0745. The first-order valence-electron chi connectivity index (χ1n) is 10.0. The fourth-order valence-corrected chi connectivity index (χ4v) is 4.06. The van der Waals surface area contributed by atoms with E-state index in [2.05, 4.69) is 20.4 Å². The molecule has 1 aliphatic rings. The van der Waals surface area contributed by atoms with Gasteiger partial charge >= 0.3 is 0 Å². The van der Waals surface area contributed by atoms with Gasteiger partial charge in [0.1, 0.15) is 5.75 Å². The molecule has 1 aliphatic heterocycles. The van der Waals surface area contributed by atoms with Gasteiger partial charge in [0, 0.05) is 29.6 Å². The fourth-order valence-electron chi connectivity index (χ4n) is 3.61. The lowest BCUT2D eigenvalue weighted by Crippen LogP contribution is -2.38. The molecule has 1 saturated heterocycles. The Kier molecular flexibility index (Phi) is 6.59. The molecule has 3 aromatic rings. The normalized spacial score (nSPS) is 14.4. The number of anilines is 2. The molecule has 160 valence electrons. The van der Waals surface area contributed by atoms with Gasteiger partial charge in [-0.1, -0.05) is 23.2 Å². The number of hydrogen-bond acceptors (Lipinski definition) is 5. The van der Waals surface area contributed by atoms with Crippen LogP contribution in [0.2, 0.25) is 10.0 Å². The van der Waals surface area contributed by atoms with Gasteiger partial charge in [-0.2, -0.15) is 0 Å². The molecule has 2 heterocycles. The average Bonchev–Trinajstić information content (AvgIpc) is 2.81. The number of nitrogens with zero attached hydrogens (tertiary/aromatic N) is 3. The SMILES string of the molecule is COc1ccc(-c2ccc(N3CCC(C(=O)Nc4ccc(Cl)cc4Cl)CC3)nn2)cc1. The monoisotopic (exact) mass is 456 g/mol. The van der Waals surface area contributed by atoms with Crippen molar-refractivity contribution in [3.63, 3.8) is 0 Å². The minimum absolute atomic E-state index is 0.0233. The van der Waals surface area contributed by atoms with Crippen LogP contribution >= 0.6 is 23.2 Å². The lowest BCUT2D eigenvalue weighted by molar-refractivity contribution is -0.120. The molecule has 2 aromatic carbocycles. The second kappa shape index (κ2) is 9.54. The average molecular weight is 457 g/mol. The highest BCUT2D eigenvalue weighted by Crippen LogP contribution is 2.28. The third-order valence-electron chi connectivity index (χ3n) is 5.41. The van der Waals surface area contributed by atoms with E-state index in [0.29, 0.717) is 15.7 Å². The van der Waals surface area contributed by atoms with Crippen molar-refractivity contribution in [1.82, 2.24) is 10.2 Å². The first-order chi connectivity index (χ1) is 15.0. The quantitative estimate of drug-likeness (QED) is 0.562. The van der Waals surface area contributed by atoms with Gasteiger partial charge in [-0.25, -0.2) is 0 Å². The lowest BCUT2D eigenvalue weighted by atomic mass is 9.95. The van der Waals surface area contributed by atoms with Crippen molar-refractivity contribution >= 4 is 40.6 Å². The molecule has 8 heteroatoms. The molecular formula is C23H22Cl2N4O2. The summed E-state index contributed by atoms with van der Waals surface area (Å²) in [5.74, 6) is 1.52. The number of aromatic nitrogens is 2. The van der Waals surface area contributed by atoms with Crippen LogP contribution in [-0.4, -0.2) is 36.3 Å². The molecule has 0 spiro atoms. The maximum absolute atomic E-state index is 12.6. The van der Waals surface area contributed by atoms with Crippen LogP contribution in [0, 0.1) is 5.92 Å². The summed E-state index contributed by atoms with van der Waals surface area (Å²) < 4.78 is 5.19. The molecule has 6 nitrogen and oxygen atoms in total. The number of nitrogens with one attached hydrogen (secondary N) is 1. The van der Waals surface area contributed by atoms with Gasteiger partial charge in [0.2, 0.25) is 5.91 Å². The Hall–Kier alpha value is -2.83. The molecule has 0 unspecified atom stereocenters. The maximum Gasteiger partial charge on any atom is 0.227 e. The van der Waals surface area contributed by atoms with Crippen LogP contribution in [0.5, 0.6) is 5.75 Å². The zero-order chi connectivity index (χ0) is 21.8. The summed E-state index contributed by atoms with van der Waals surface area (Å²) in [6.07, 6.45) is 1.47. The highest BCUT2D eigenvalue weighted by Gasteiger charge is 2.26. The van der Waals surface area contributed by atoms with Crippen molar-refractivity contribution in [3.8, 4) is 17.0 Å². The number of ether oxygens (including phenoxy) is 1. The van der Waals surface area contributed by atoms with Gasteiger partial charge in [-0.3, -0.25) is 4.79 Å². The number of amides is 1. The molecule has 0 aliphatic carbocycles. The summed E-state index contributed by atoms with van der Waals surface area (Å²) in [6, 6.07) is 16.7. The highest BCUT2D eigenvalue weighted by molar-refractivity contribution is 6.36. The Labute approximate surface area is 191 Å². The standard InChI is InChI=1S/C23H22Cl2N4O2/c1-31-18-5-2-15(3-6-18)20-8-9-22(28-27-20)29-12-10-16(11-13-29)23(30)26-21-7-4-17(24)14-19(21)25/h2-9,14,16H,10-13H2,1H3,(H,26,30). The Balaban J connectivity index is 1.34. The Morgan fingerprint density at radius 2 is 1.77 bits per heavy atom. The number of carbonyl (C=O) groups is 1. The van der Waals surface area contributed by atoms with Gasteiger partial charge in [0.15, 0.2) is 5.82 Å². The first-order valence-corrected chi connectivity index (χ1v) is 10.8. The van der Waals surface area contributed by atoms with Crippen molar-refractivity contribution < 1.29 is 9.53 Å². The van der Waals surface area contributed by atoms with Gasteiger partial charge in [0.25, 0.3) is 0 Å². The Morgan fingerprint density at radius 3 is 2.39 bits per heavy atom. The number of rotatable bonds is 5. The van der Waals surface area contributed by atoms with Crippen molar-refractivity contribution in [2.24, 2.45) is 5.92 Å². The van der Waals surface area contributed by atoms with E-state index in [9.17, 15) is 4.79 Å². The largest absolute Gasteiger partial charge is 0.497 e. The summed E-state index contributed by atoms with van der Waals surface area (Å²) in [7, 11) is 1.64.